The summed E-state index contributed by atoms with van der Waals surface area (Å²) in [5, 5.41) is 11.2. The number of nitrogens with two attached hydrogens (primary N) is 1. The molecule has 74 valence electrons. The number of hydrogen-bond donors (Lipinski definition) is 2. The van der Waals surface area contributed by atoms with E-state index in [0.717, 1.165) is 16.5 Å². The molecule has 0 spiro atoms. The Balaban J connectivity index is 2.29. The van der Waals surface area contributed by atoms with Crippen molar-refractivity contribution >= 4 is 16.6 Å². The molecular weight excluding hydrogens is 194 g/mol. The monoisotopic (exact) mass is 201 g/mol. The molecule has 0 radical (unpaired) electrons. The standard InChI is InChI=1S/C9H7N5O/c10-7-1-5(9-11-4-13-15-9)2-8-6(7)3-12-14-8/h1-4H,10H2,(H,12,14). The lowest BCUT2D eigenvalue weighted by molar-refractivity contribution is 0.430. The summed E-state index contributed by atoms with van der Waals surface area (Å²) in [6.07, 6.45) is 3.03. The molecule has 0 aliphatic rings. The number of nitrogens with one attached hydrogen (secondary N) is 1. The second-order valence-electron chi connectivity index (χ2n) is 3.14. The number of benzene rings is 1. The molecule has 2 aromatic heterocycles. The summed E-state index contributed by atoms with van der Waals surface area (Å²) in [4.78, 5) is 3.95. The summed E-state index contributed by atoms with van der Waals surface area (Å²) >= 11 is 0. The van der Waals surface area contributed by atoms with Gasteiger partial charge in [-0.05, 0) is 12.1 Å². The first-order chi connectivity index (χ1) is 7.34. The van der Waals surface area contributed by atoms with E-state index >= 15 is 0 Å². The fraction of sp³-hybridized carbons (Fsp3) is 0. The van der Waals surface area contributed by atoms with E-state index in [2.05, 4.69) is 20.3 Å². The maximum atomic E-state index is 5.86. The minimum Gasteiger partial charge on any atom is -0.398 e. The van der Waals surface area contributed by atoms with Crippen LogP contribution in [0, 0.1) is 0 Å². The normalized spacial score (nSPS) is 10.9. The summed E-state index contributed by atoms with van der Waals surface area (Å²) in [7, 11) is 0. The van der Waals surface area contributed by atoms with E-state index in [1.54, 1.807) is 12.3 Å². The predicted octanol–water partition coefficient (Wildman–Crippen LogP) is 1.20. The SMILES string of the molecule is Nc1cc(-c2ncno2)cc2[nH]ncc12. The number of rotatable bonds is 1. The fourth-order valence-electron chi connectivity index (χ4n) is 1.50. The van der Waals surface area contributed by atoms with Gasteiger partial charge in [0.15, 0.2) is 6.33 Å². The van der Waals surface area contributed by atoms with Crippen molar-refractivity contribution < 1.29 is 4.52 Å². The second kappa shape index (κ2) is 2.81. The van der Waals surface area contributed by atoms with Crippen LogP contribution in [0.3, 0.4) is 0 Å². The maximum absolute atomic E-state index is 5.86. The van der Waals surface area contributed by atoms with Gasteiger partial charge in [-0.15, -0.1) is 0 Å². The van der Waals surface area contributed by atoms with Crippen molar-refractivity contribution in [2.45, 2.75) is 0 Å². The van der Waals surface area contributed by atoms with Crippen molar-refractivity contribution in [3.8, 4) is 11.5 Å². The van der Waals surface area contributed by atoms with Gasteiger partial charge < -0.3 is 10.3 Å². The quantitative estimate of drug-likeness (QED) is 0.577. The number of nitrogens with zero attached hydrogens (tertiary/aromatic N) is 3. The Hall–Kier alpha value is -2.37. The van der Waals surface area contributed by atoms with Gasteiger partial charge in [-0.25, -0.2) is 0 Å². The number of fused-ring (bicyclic) bond motifs is 1. The van der Waals surface area contributed by atoms with E-state index in [1.165, 1.54) is 6.33 Å². The summed E-state index contributed by atoms with van der Waals surface area (Å²) in [6.45, 7) is 0. The van der Waals surface area contributed by atoms with Crippen molar-refractivity contribution in [2.75, 3.05) is 5.73 Å². The first-order valence-corrected chi connectivity index (χ1v) is 4.34. The molecule has 0 aliphatic carbocycles. The first kappa shape index (κ1) is 7.98. The van der Waals surface area contributed by atoms with Crippen LogP contribution in [0.2, 0.25) is 0 Å². The first-order valence-electron chi connectivity index (χ1n) is 4.34. The van der Waals surface area contributed by atoms with Crippen molar-refractivity contribution in [3.63, 3.8) is 0 Å². The number of nitrogen functional groups attached to an aromatic ring is 1. The van der Waals surface area contributed by atoms with Crippen molar-refractivity contribution in [1.82, 2.24) is 20.3 Å². The molecule has 6 heteroatoms. The highest BCUT2D eigenvalue weighted by molar-refractivity contribution is 5.93. The molecule has 0 aliphatic heterocycles. The molecule has 15 heavy (non-hydrogen) atoms. The highest BCUT2D eigenvalue weighted by Crippen LogP contribution is 2.26. The van der Waals surface area contributed by atoms with Crippen LogP contribution in [0.1, 0.15) is 0 Å². The topological polar surface area (TPSA) is 93.6 Å². The van der Waals surface area contributed by atoms with Crippen LogP contribution in [0.25, 0.3) is 22.4 Å². The van der Waals surface area contributed by atoms with Gasteiger partial charge in [0.1, 0.15) is 0 Å². The molecule has 6 nitrogen and oxygen atoms in total. The molecule has 2 heterocycles. The molecule has 3 aromatic rings. The number of aromatic nitrogens is 4. The fourth-order valence-corrected chi connectivity index (χ4v) is 1.50. The summed E-state index contributed by atoms with van der Waals surface area (Å²) < 4.78 is 4.95. The average molecular weight is 201 g/mol. The zero-order valence-electron chi connectivity index (χ0n) is 7.64. The molecule has 0 fully saturated rings. The molecule has 3 N–H and O–H groups in total. The van der Waals surface area contributed by atoms with E-state index in [1.807, 2.05) is 6.07 Å². The maximum Gasteiger partial charge on any atom is 0.257 e. The Morgan fingerprint density at radius 2 is 2.27 bits per heavy atom. The molecule has 1 aromatic carbocycles. The largest absolute Gasteiger partial charge is 0.398 e. The second-order valence-corrected chi connectivity index (χ2v) is 3.14. The van der Waals surface area contributed by atoms with Gasteiger partial charge in [0.05, 0.1) is 11.7 Å². The third kappa shape index (κ3) is 1.15. The summed E-state index contributed by atoms with van der Waals surface area (Å²) in [5.74, 6) is 0.443. The Morgan fingerprint density at radius 3 is 3.07 bits per heavy atom. The molecule has 3 rings (SSSR count). The van der Waals surface area contributed by atoms with E-state index in [9.17, 15) is 0 Å². The van der Waals surface area contributed by atoms with Crippen molar-refractivity contribution in [3.05, 3.63) is 24.7 Å². The molecular formula is C9H7N5O. The van der Waals surface area contributed by atoms with E-state index in [0.29, 0.717) is 11.6 Å². The lowest BCUT2D eigenvalue weighted by Gasteiger charge is -1.98. The molecule has 0 saturated heterocycles. The Kier molecular flexibility index (Phi) is 1.49. The Bertz CT molecular complexity index is 598. The number of aromatic amines is 1. The predicted molar refractivity (Wildman–Crippen MR) is 53.8 cm³/mol. The molecule has 0 saturated carbocycles. The summed E-state index contributed by atoms with van der Waals surface area (Å²) in [5.41, 5.74) is 8.12. The number of anilines is 1. The van der Waals surface area contributed by atoms with Crippen LogP contribution in [0.15, 0.2) is 29.2 Å². The third-order valence-corrected chi connectivity index (χ3v) is 2.20. The van der Waals surface area contributed by atoms with Gasteiger partial charge in [-0.2, -0.15) is 10.1 Å². The van der Waals surface area contributed by atoms with Crippen LogP contribution < -0.4 is 5.73 Å². The molecule has 0 unspecified atom stereocenters. The Labute approximate surface area is 84.1 Å². The number of hydrogen-bond acceptors (Lipinski definition) is 5. The Morgan fingerprint density at radius 1 is 1.33 bits per heavy atom. The van der Waals surface area contributed by atoms with Gasteiger partial charge in [0, 0.05) is 16.6 Å². The highest BCUT2D eigenvalue weighted by Gasteiger charge is 2.08. The average Bonchev–Trinajstić information content (AvgIpc) is 2.88. The van der Waals surface area contributed by atoms with Crippen molar-refractivity contribution in [2.24, 2.45) is 0 Å². The number of H-pyrrole nitrogens is 1. The lowest BCUT2D eigenvalue weighted by Crippen LogP contribution is -1.87. The smallest absolute Gasteiger partial charge is 0.257 e. The van der Waals surface area contributed by atoms with Crippen LogP contribution in [-0.2, 0) is 0 Å². The molecule has 0 atom stereocenters. The third-order valence-electron chi connectivity index (χ3n) is 2.20. The highest BCUT2D eigenvalue weighted by atomic mass is 16.5. The summed E-state index contributed by atoms with van der Waals surface area (Å²) in [6, 6.07) is 3.65. The van der Waals surface area contributed by atoms with Gasteiger partial charge in [0.25, 0.3) is 5.89 Å². The van der Waals surface area contributed by atoms with Gasteiger partial charge in [-0.1, -0.05) is 5.16 Å². The lowest BCUT2D eigenvalue weighted by atomic mass is 10.1. The van der Waals surface area contributed by atoms with E-state index in [-0.39, 0.29) is 0 Å². The minimum atomic E-state index is 0.443. The van der Waals surface area contributed by atoms with Gasteiger partial charge in [0.2, 0.25) is 0 Å². The van der Waals surface area contributed by atoms with E-state index < -0.39 is 0 Å². The van der Waals surface area contributed by atoms with Gasteiger partial charge >= 0.3 is 0 Å². The van der Waals surface area contributed by atoms with Crippen LogP contribution in [0.5, 0.6) is 0 Å². The van der Waals surface area contributed by atoms with Crippen LogP contribution >= 0.6 is 0 Å². The van der Waals surface area contributed by atoms with Crippen molar-refractivity contribution in [1.29, 1.82) is 0 Å². The molecule has 0 bridgehead atoms. The zero-order chi connectivity index (χ0) is 10.3. The van der Waals surface area contributed by atoms with Gasteiger partial charge in [-0.3, -0.25) is 5.10 Å². The minimum absolute atomic E-state index is 0.443. The van der Waals surface area contributed by atoms with E-state index in [4.69, 9.17) is 10.3 Å². The molecule has 0 amide bonds. The van der Waals surface area contributed by atoms with Crippen LogP contribution in [0.4, 0.5) is 5.69 Å². The van der Waals surface area contributed by atoms with Crippen LogP contribution in [-0.4, -0.2) is 20.3 Å². The zero-order valence-corrected chi connectivity index (χ0v) is 7.64.